The molecule has 3 aromatic carbocycles. The zero-order valence-electron chi connectivity index (χ0n) is 22.0. The summed E-state index contributed by atoms with van der Waals surface area (Å²) in [5.41, 5.74) is 2.00. The topological polar surface area (TPSA) is 69.6 Å². The maximum Gasteiger partial charge on any atom is 0.303 e. The quantitative estimate of drug-likeness (QED) is 0.339. The van der Waals surface area contributed by atoms with Crippen molar-refractivity contribution in [1.82, 2.24) is 10.2 Å². The Labute approximate surface area is 226 Å². The molecule has 37 heavy (non-hydrogen) atoms. The summed E-state index contributed by atoms with van der Waals surface area (Å²) in [5.74, 6) is -0.169. The Bertz CT molecular complexity index is 1190. The van der Waals surface area contributed by atoms with Crippen molar-refractivity contribution in [3.05, 3.63) is 83.9 Å². The van der Waals surface area contributed by atoms with Gasteiger partial charge in [0.15, 0.2) is 0 Å². The molecular formula is C31H39ClN2O3. The van der Waals surface area contributed by atoms with Crippen molar-refractivity contribution in [2.45, 2.75) is 52.0 Å². The van der Waals surface area contributed by atoms with Gasteiger partial charge in [0, 0.05) is 31.5 Å². The summed E-state index contributed by atoms with van der Waals surface area (Å²) < 4.78 is 0. The number of likely N-dealkylation sites (tertiary alicyclic amines) is 1. The van der Waals surface area contributed by atoms with Crippen LogP contribution in [0.25, 0.3) is 10.8 Å². The zero-order chi connectivity index (χ0) is 25.7. The number of carbonyl (C=O) groups is 2. The lowest BCUT2D eigenvalue weighted by Crippen LogP contribution is -2.46. The van der Waals surface area contributed by atoms with Gasteiger partial charge in [0.25, 0.3) is 0 Å². The number of benzene rings is 3. The molecule has 2 N–H and O–H groups in total. The first-order valence-corrected chi connectivity index (χ1v) is 13.0. The maximum absolute atomic E-state index is 13.2. The van der Waals surface area contributed by atoms with Crippen molar-refractivity contribution in [2.75, 3.05) is 19.6 Å². The molecule has 0 aliphatic carbocycles. The minimum atomic E-state index is -0.861. The molecule has 1 aliphatic heterocycles. The monoisotopic (exact) mass is 522 g/mol. The van der Waals surface area contributed by atoms with Crippen LogP contribution in [0.1, 0.15) is 63.1 Å². The average molecular weight is 523 g/mol. The number of carboxylic acids is 1. The van der Waals surface area contributed by atoms with Crippen LogP contribution < -0.4 is 5.32 Å². The highest BCUT2D eigenvalue weighted by molar-refractivity contribution is 5.86. The molecule has 6 heteroatoms. The fourth-order valence-electron chi connectivity index (χ4n) is 5.61. The lowest BCUT2D eigenvalue weighted by atomic mass is 9.79. The smallest absolute Gasteiger partial charge is 0.303 e. The van der Waals surface area contributed by atoms with Crippen LogP contribution in [-0.4, -0.2) is 41.5 Å². The molecule has 0 bridgehead atoms. The van der Waals surface area contributed by atoms with E-state index in [1.807, 2.05) is 24.8 Å². The molecule has 0 aromatic heterocycles. The molecule has 5 nitrogen and oxygen atoms in total. The highest BCUT2D eigenvalue weighted by Crippen LogP contribution is 2.35. The van der Waals surface area contributed by atoms with E-state index in [-0.39, 0.29) is 43.1 Å². The zero-order valence-corrected chi connectivity index (χ0v) is 22.8. The number of fused-ring (bicyclic) bond motifs is 1. The van der Waals surface area contributed by atoms with E-state index in [1.54, 1.807) is 0 Å². The van der Waals surface area contributed by atoms with Gasteiger partial charge >= 0.3 is 5.97 Å². The van der Waals surface area contributed by atoms with Gasteiger partial charge in [0.1, 0.15) is 0 Å². The molecule has 1 aliphatic rings. The van der Waals surface area contributed by atoms with Crippen LogP contribution in [-0.2, 0) is 9.59 Å². The van der Waals surface area contributed by atoms with E-state index in [1.165, 1.54) is 21.9 Å². The minimum Gasteiger partial charge on any atom is -0.481 e. The number of hydrogen-bond donors (Lipinski definition) is 2. The Balaban J connectivity index is 0.00000380. The number of nitrogens with one attached hydrogen (secondary N) is 1. The second kappa shape index (κ2) is 12.6. The van der Waals surface area contributed by atoms with E-state index in [9.17, 15) is 14.7 Å². The van der Waals surface area contributed by atoms with Gasteiger partial charge in [0.2, 0.25) is 5.91 Å². The fourth-order valence-corrected chi connectivity index (χ4v) is 5.61. The van der Waals surface area contributed by atoms with Gasteiger partial charge in [-0.3, -0.25) is 9.59 Å². The van der Waals surface area contributed by atoms with Crippen molar-refractivity contribution >= 4 is 35.1 Å². The number of carboxylic acid groups (broad SMARTS) is 1. The number of halogens is 1. The van der Waals surface area contributed by atoms with Gasteiger partial charge in [0.05, 0.1) is 6.42 Å². The first-order valence-electron chi connectivity index (χ1n) is 13.0. The van der Waals surface area contributed by atoms with Crippen LogP contribution in [0.3, 0.4) is 0 Å². The molecule has 1 saturated heterocycles. The van der Waals surface area contributed by atoms with Gasteiger partial charge in [-0.05, 0) is 53.1 Å². The summed E-state index contributed by atoms with van der Waals surface area (Å²) in [7, 11) is 0. The Hall–Kier alpha value is -2.89. The summed E-state index contributed by atoms with van der Waals surface area (Å²) in [5, 5.41) is 15.5. The first kappa shape index (κ1) is 28.7. The highest BCUT2D eigenvalue weighted by Gasteiger charge is 2.35. The molecule has 1 fully saturated rings. The molecule has 0 spiro atoms. The normalized spacial score (nSPS) is 18.7. The lowest BCUT2D eigenvalue weighted by molar-refractivity contribution is -0.141. The van der Waals surface area contributed by atoms with E-state index in [0.29, 0.717) is 19.0 Å². The van der Waals surface area contributed by atoms with Gasteiger partial charge in [-0.2, -0.15) is 0 Å². The molecule has 3 atom stereocenters. The third-order valence-electron chi connectivity index (χ3n) is 7.57. The van der Waals surface area contributed by atoms with Crippen molar-refractivity contribution in [3.8, 4) is 0 Å². The number of piperidine rings is 1. The second-order valence-electron chi connectivity index (χ2n) is 11.0. The van der Waals surface area contributed by atoms with E-state index >= 15 is 0 Å². The van der Waals surface area contributed by atoms with Crippen LogP contribution in [0.5, 0.6) is 0 Å². The summed E-state index contributed by atoms with van der Waals surface area (Å²) >= 11 is 0. The van der Waals surface area contributed by atoms with Gasteiger partial charge in [-0.25, -0.2) is 0 Å². The van der Waals surface area contributed by atoms with Crippen molar-refractivity contribution < 1.29 is 14.7 Å². The second-order valence-corrected chi connectivity index (χ2v) is 11.0. The summed E-state index contributed by atoms with van der Waals surface area (Å²) in [6.45, 7) is 8.19. The van der Waals surface area contributed by atoms with Gasteiger partial charge in [-0.15, -0.1) is 12.4 Å². The van der Waals surface area contributed by atoms with Crippen LogP contribution in [0, 0.1) is 11.3 Å². The molecule has 1 heterocycles. The number of aliphatic carboxylic acids is 1. The van der Waals surface area contributed by atoms with Crippen molar-refractivity contribution in [2.24, 2.45) is 11.3 Å². The molecule has 1 amide bonds. The first-order chi connectivity index (χ1) is 17.2. The Morgan fingerprint density at radius 1 is 1.00 bits per heavy atom. The molecule has 0 radical (unpaired) electrons. The van der Waals surface area contributed by atoms with Crippen LogP contribution >= 0.6 is 12.4 Å². The highest BCUT2D eigenvalue weighted by atomic mass is 35.5. The standard InChI is InChI=1S/C31H38N2O3.ClH/c1-22(26-15-9-13-23-12-7-8-14-27(23)26)32-20-25-16-17-33(21-28(25)24-10-5-4-6-11-24)29(34)18-31(2,3)19-30(35)36;/h4-15,22,25,28,32H,16-21H2,1-3H3,(H,35,36);1H/t22-,25?,28?;/m1./s1. The van der Waals surface area contributed by atoms with Crippen molar-refractivity contribution in [1.29, 1.82) is 0 Å². The SMILES string of the molecule is C[C@@H](NCC1CCN(C(=O)CC(C)(C)CC(=O)O)CC1c1ccccc1)c1cccc2ccccc12.Cl. The molecule has 0 saturated carbocycles. The van der Waals surface area contributed by atoms with E-state index in [4.69, 9.17) is 0 Å². The predicted molar refractivity (Wildman–Crippen MR) is 152 cm³/mol. The Kier molecular flexibility index (Phi) is 9.74. The lowest BCUT2D eigenvalue weighted by Gasteiger charge is -2.40. The van der Waals surface area contributed by atoms with Crippen LogP contribution in [0.2, 0.25) is 0 Å². The van der Waals surface area contributed by atoms with Crippen LogP contribution in [0.15, 0.2) is 72.8 Å². The molecule has 3 aromatic rings. The number of amides is 1. The van der Waals surface area contributed by atoms with E-state index in [2.05, 4.69) is 79.0 Å². The number of nitrogens with zero attached hydrogens (tertiary/aromatic N) is 1. The molecule has 4 rings (SSSR count). The fraction of sp³-hybridized carbons (Fsp3) is 0.419. The predicted octanol–water partition coefficient (Wildman–Crippen LogP) is 6.44. The van der Waals surface area contributed by atoms with Gasteiger partial charge < -0.3 is 15.3 Å². The summed E-state index contributed by atoms with van der Waals surface area (Å²) in [4.78, 5) is 26.3. The Morgan fingerprint density at radius 2 is 1.68 bits per heavy atom. The average Bonchev–Trinajstić information content (AvgIpc) is 2.86. The summed E-state index contributed by atoms with van der Waals surface area (Å²) in [6.07, 6.45) is 1.16. The third kappa shape index (κ3) is 7.33. The van der Waals surface area contributed by atoms with E-state index in [0.717, 1.165) is 13.0 Å². The summed E-state index contributed by atoms with van der Waals surface area (Å²) in [6, 6.07) is 25.7. The molecule has 2 unspecified atom stereocenters. The van der Waals surface area contributed by atoms with Gasteiger partial charge in [-0.1, -0.05) is 86.6 Å². The van der Waals surface area contributed by atoms with Crippen LogP contribution in [0.4, 0.5) is 0 Å². The largest absolute Gasteiger partial charge is 0.481 e. The molecule has 198 valence electrons. The Morgan fingerprint density at radius 3 is 2.41 bits per heavy atom. The van der Waals surface area contributed by atoms with Crippen molar-refractivity contribution in [3.63, 3.8) is 0 Å². The number of carbonyl (C=O) groups excluding carboxylic acids is 1. The molecular weight excluding hydrogens is 484 g/mol. The third-order valence-corrected chi connectivity index (χ3v) is 7.57. The van der Waals surface area contributed by atoms with E-state index < -0.39 is 11.4 Å². The number of rotatable bonds is 9. The minimum absolute atomic E-state index is 0. The number of hydrogen-bond acceptors (Lipinski definition) is 3. The maximum atomic E-state index is 13.2.